The third-order valence-corrected chi connectivity index (χ3v) is 1.36. The van der Waals surface area contributed by atoms with Gasteiger partial charge in [-0.15, -0.1) is 0 Å². The molecule has 80 valence electrons. The van der Waals surface area contributed by atoms with Crippen LogP contribution in [0.3, 0.4) is 0 Å². The molecule has 0 aromatic carbocycles. The molecule has 0 radical (unpaired) electrons. The van der Waals surface area contributed by atoms with Crippen molar-refractivity contribution in [3.8, 4) is 0 Å². The molecule has 0 N–H and O–H groups in total. The molecule has 0 saturated carbocycles. The van der Waals surface area contributed by atoms with E-state index in [0.717, 1.165) is 12.6 Å². The minimum atomic E-state index is -0.497. The van der Waals surface area contributed by atoms with E-state index in [1.807, 2.05) is 24.3 Å². The van der Waals surface area contributed by atoms with Gasteiger partial charge in [0.05, 0.1) is 4.92 Å². The van der Waals surface area contributed by atoms with E-state index in [1.165, 1.54) is 6.08 Å². The molecule has 0 unspecified atom stereocenters. The van der Waals surface area contributed by atoms with Gasteiger partial charge in [-0.05, 0) is 6.42 Å². The zero-order chi connectivity index (χ0) is 11.4. The first-order chi connectivity index (χ1) is 7.27. The molecule has 0 aliphatic carbocycles. The second-order valence-corrected chi connectivity index (χ2v) is 2.62. The van der Waals surface area contributed by atoms with Crippen molar-refractivity contribution < 1.29 is 4.92 Å². The number of allylic oxidation sites excluding steroid dienone is 9. The van der Waals surface area contributed by atoms with E-state index < -0.39 is 4.92 Å². The summed E-state index contributed by atoms with van der Waals surface area (Å²) in [7, 11) is 0. The van der Waals surface area contributed by atoms with Gasteiger partial charge in [0.25, 0.3) is 0 Å². The van der Waals surface area contributed by atoms with Crippen molar-refractivity contribution in [2.75, 3.05) is 0 Å². The first-order valence-electron chi connectivity index (χ1n) is 4.74. The number of hydrogen-bond acceptors (Lipinski definition) is 2. The van der Waals surface area contributed by atoms with Crippen LogP contribution in [0.1, 0.15) is 13.3 Å². The maximum atomic E-state index is 9.88. The summed E-state index contributed by atoms with van der Waals surface area (Å²) in [6.45, 7) is 2.07. The van der Waals surface area contributed by atoms with Gasteiger partial charge in [0.1, 0.15) is 0 Å². The second-order valence-electron chi connectivity index (χ2n) is 2.62. The molecule has 0 aliphatic rings. The van der Waals surface area contributed by atoms with E-state index in [1.54, 1.807) is 18.2 Å². The van der Waals surface area contributed by atoms with E-state index in [9.17, 15) is 10.1 Å². The van der Waals surface area contributed by atoms with E-state index >= 15 is 0 Å². The molecule has 0 rings (SSSR count). The summed E-state index contributed by atoms with van der Waals surface area (Å²) in [5.74, 6) is 0. The SMILES string of the molecule is CCC=CC=CC=CC=CC=C[N+](=O)[O-]. The first-order valence-corrected chi connectivity index (χ1v) is 4.74. The van der Waals surface area contributed by atoms with Crippen LogP contribution in [0.2, 0.25) is 0 Å². The number of rotatable bonds is 6. The molecule has 0 atom stereocenters. The van der Waals surface area contributed by atoms with Crippen LogP contribution in [0, 0.1) is 10.1 Å². The molecule has 0 aromatic rings. The highest BCUT2D eigenvalue weighted by atomic mass is 16.6. The Morgan fingerprint density at radius 2 is 1.40 bits per heavy atom. The zero-order valence-corrected chi connectivity index (χ0v) is 8.74. The molecule has 0 aliphatic heterocycles. The molecule has 0 fully saturated rings. The Hall–Kier alpha value is -1.90. The van der Waals surface area contributed by atoms with Gasteiger partial charge in [0.2, 0.25) is 6.20 Å². The monoisotopic (exact) mass is 205 g/mol. The van der Waals surface area contributed by atoms with Crippen LogP contribution < -0.4 is 0 Å². The Morgan fingerprint density at radius 3 is 1.87 bits per heavy atom. The van der Waals surface area contributed by atoms with Gasteiger partial charge in [-0.1, -0.05) is 55.5 Å². The topological polar surface area (TPSA) is 43.1 Å². The molecule has 15 heavy (non-hydrogen) atoms. The summed E-state index contributed by atoms with van der Waals surface area (Å²) < 4.78 is 0. The van der Waals surface area contributed by atoms with Crippen LogP contribution in [0.4, 0.5) is 0 Å². The summed E-state index contributed by atoms with van der Waals surface area (Å²) in [6.07, 6.45) is 18.2. The lowest BCUT2D eigenvalue weighted by Crippen LogP contribution is -1.80. The Bertz CT molecular complexity index is 310. The molecular formula is C12H15NO2. The van der Waals surface area contributed by atoms with Crippen LogP contribution >= 0.6 is 0 Å². The van der Waals surface area contributed by atoms with Crippen LogP contribution in [0.15, 0.2) is 60.9 Å². The van der Waals surface area contributed by atoms with Crippen molar-refractivity contribution in [1.29, 1.82) is 0 Å². The average Bonchev–Trinajstić information content (AvgIpc) is 2.20. The van der Waals surface area contributed by atoms with E-state index in [4.69, 9.17) is 0 Å². The largest absolute Gasteiger partial charge is 0.259 e. The number of nitrogens with zero attached hydrogens (tertiary/aromatic N) is 1. The van der Waals surface area contributed by atoms with Crippen molar-refractivity contribution in [1.82, 2.24) is 0 Å². The highest BCUT2D eigenvalue weighted by Crippen LogP contribution is 1.85. The Labute approximate surface area is 90.0 Å². The van der Waals surface area contributed by atoms with Crippen molar-refractivity contribution >= 4 is 0 Å². The lowest BCUT2D eigenvalue weighted by atomic mass is 10.3. The minimum absolute atomic E-state index is 0.497. The van der Waals surface area contributed by atoms with Gasteiger partial charge in [0, 0.05) is 6.08 Å². The quantitative estimate of drug-likeness (QED) is 0.379. The summed E-state index contributed by atoms with van der Waals surface area (Å²) in [6, 6.07) is 0. The predicted molar refractivity (Wildman–Crippen MR) is 63.0 cm³/mol. The fourth-order valence-corrected chi connectivity index (χ4v) is 0.720. The smallest absolute Gasteiger partial charge is 0.234 e. The average molecular weight is 205 g/mol. The highest BCUT2D eigenvalue weighted by molar-refractivity contribution is 5.17. The first kappa shape index (κ1) is 13.1. The molecule has 3 heteroatoms. The third kappa shape index (κ3) is 12.1. The summed E-state index contributed by atoms with van der Waals surface area (Å²) in [5, 5.41) is 9.88. The van der Waals surface area contributed by atoms with Gasteiger partial charge >= 0.3 is 0 Å². The zero-order valence-electron chi connectivity index (χ0n) is 8.74. The third-order valence-electron chi connectivity index (χ3n) is 1.36. The van der Waals surface area contributed by atoms with Crippen LogP contribution in [-0.2, 0) is 0 Å². The highest BCUT2D eigenvalue weighted by Gasteiger charge is 1.77. The lowest BCUT2D eigenvalue weighted by Gasteiger charge is -1.75. The molecule has 0 amide bonds. The summed E-state index contributed by atoms with van der Waals surface area (Å²) >= 11 is 0. The summed E-state index contributed by atoms with van der Waals surface area (Å²) in [4.78, 5) is 9.39. The normalized spacial score (nSPS) is 13.1. The van der Waals surface area contributed by atoms with Crippen molar-refractivity contribution in [2.45, 2.75) is 13.3 Å². The summed E-state index contributed by atoms with van der Waals surface area (Å²) in [5.41, 5.74) is 0. The number of hydrogen-bond donors (Lipinski definition) is 0. The van der Waals surface area contributed by atoms with Gasteiger partial charge < -0.3 is 0 Å². The maximum absolute atomic E-state index is 9.88. The lowest BCUT2D eigenvalue weighted by molar-refractivity contribution is -0.402. The number of nitro groups is 1. The Kier molecular flexibility index (Phi) is 8.89. The van der Waals surface area contributed by atoms with Gasteiger partial charge in [-0.3, -0.25) is 10.1 Å². The Morgan fingerprint density at radius 1 is 0.933 bits per heavy atom. The second kappa shape index (κ2) is 10.2. The van der Waals surface area contributed by atoms with Gasteiger partial charge in [0.15, 0.2) is 0 Å². The van der Waals surface area contributed by atoms with Crippen LogP contribution in [-0.4, -0.2) is 4.92 Å². The van der Waals surface area contributed by atoms with E-state index in [0.29, 0.717) is 0 Å². The minimum Gasteiger partial charge on any atom is -0.259 e. The molecule has 0 spiro atoms. The Balaban J connectivity index is 3.75. The molecule has 0 heterocycles. The fourth-order valence-electron chi connectivity index (χ4n) is 0.720. The van der Waals surface area contributed by atoms with Gasteiger partial charge in [-0.25, -0.2) is 0 Å². The fraction of sp³-hybridized carbons (Fsp3) is 0.167. The van der Waals surface area contributed by atoms with Crippen LogP contribution in [0.5, 0.6) is 0 Å². The molecule has 0 aromatic heterocycles. The van der Waals surface area contributed by atoms with Crippen molar-refractivity contribution in [3.05, 3.63) is 71.0 Å². The molecular weight excluding hydrogens is 190 g/mol. The van der Waals surface area contributed by atoms with Gasteiger partial charge in [-0.2, -0.15) is 0 Å². The van der Waals surface area contributed by atoms with Crippen LogP contribution in [0.25, 0.3) is 0 Å². The maximum Gasteiger partial charge on any atom is 0.234 e. The standard InChI is InChI=1S/C12H15NO2/c1-2-3-4-5-6-7-8-9-10-11-12-13(14)15/h3-12H,2H2,1H3. The van der Waals surface area contributed by atoms with Crippen molar-refractivity contribution in [3.63, 3.8) is 0 Å². The van der Waals surface area contributed by atoms with E-state index in [2.05, 4.69) is 13.0 Å². The molecule has 3 nitrogen and oxygen atoms in total. The molecule has 0 saturated heterocycles. The predicted octanol–water partition coefficient (Wildman–Crippen LogP) is 3.41. The molecule has 0 bridgehead atoms. The van der Waals surface area contributed by atoms with E-state index in [-0.39, 0.29) is 0 Å². The van der Waals surface area contributed by atoms with Crippen molar-refractivity contribution in [2.24, 2.45) is 0 Å².